The molecule has 104 valence electrons. The van der Waals surface area contributed by atoms with Gasteiger partial charge < -0.3 is 10.1 Å². The largest absolute Gasteiger partial charge is 0.451 e. The maximum Gasteiger partial charge on any atom is 0.359 e. The van der Waals surface area contributed by atoms with E-state index in [0.717, 1.165) is 0 Å². The van der Waals surface area contributed by atoms with Crippen molar-refractivity contribution >= 4 is 11.9 Å². The van der Waals surface area contributed by atoms with Crippen molar-refractivity contribution in [2.45, 2.75) is 33.7 Å². The molecule has 19 heavy (non-hydrogen) atoms. The van der Waals surface area contributed by atoms with Crippen LogP contribution in [0.15, 0.2) is 12.4 Å². The third-order valence-electron chi connectivity index (χ3n) is 2.71. The minimum Gasteiger partial charge on any atom is -0.451 e. The fraction of sp³-hybridized carbons (Fsp3) is 0.538. The molecule has 6 heteroatoms. The number of amides is 1. The number of rotatable bonds is 5. The Kier molecular flexibility index (Phi) is 5.41. The highest BCUT2D eigenvalue weighted by Crippen LogP contribution is 2.00. The molecule has 0 saturated carbocycles. The van der Waals surface area contributed by atoms with Gasteiger partial charge in [-0.3, -0.25) is 9.78 Å². The molecule has 1 unspecified atom stereocenters. The molecule has 0 saturated heterocycles. The molecule has 0 fully saturated rings. The van der Waals surface area contributed by atoms with Crippen molar-refractivity contribution in [1.82, 2.24) is 15.3 Å². The molecule has 1 N–H and O–H groups in total. The summed E-state index contributed by atoms with van der Waals surface area (Å²) in [6, 6.07) is 0.0327. The van der Waals surface area contributed by atoms with Crippen LogP contribution < -0.4 is 5.32 Å². The molecule has 0 aromatic carbocycles. The second kappa shape index (κ2) is 6.82. The predicted octanol–water partition coefficient (Wildman–Crippen LogP) is 1.10. The van der Waals surface area contributed by atoms with Crippen LogP contribution in [0.2, 0.25) is 0 Å². The Bertz CT molecular complexity index is 443. The number of aromatic nitrogens is 2. The predicted molar refractivity (Wildman–Crippen MR) is 69.5 cm³/mol. The Labute approximate surface area is 112 Å². The summed E-state index contributed by atoms with van der Waals surface area (Å²) in [7, 11) is 0. The normalized spacial score (nSPS) is 12.1. The molecule has 1 heterocycles. The molecule has 1 atom stereocenters. The maximum atomic E-state index is 11.6. The molecule has 1 amide bonds. The van der Waals surface area contributed by atoms with E-state index in [4.69, 9.17) is 4.74 Å². The van der Waals surface area contributed by atoms with Crippen molar-refractivity contribution in [2.75, 3.05) is 6.61 Å². The number of nitrogens with zero attached hydrogens (tertiary/aromatic N) is 2. The van der Waals surface area contributed by atoms with Gasteiger partial charge in [0.2, 0.25) is 0 Å². The average molecular weight is 265 g/mol. The Hall–Kier alpha value is -1.98. The Morgan fingerprint density at radius 1 is 1.26 bits per heavy atom. The van der Waals surface area contributed by atoms with Crippen LogP contribution in [-0.2, 0) is 9.53 Å². The van der Waals surface area contributed by atoms with Crippen LogP contribution in [0.1, 0.15) is 37.0 Å². The SMILES string of the molecule is Cc1cnc(C(=O)OCC(=O)NC(C)C(C)C)cn1. The average Bonchev–Trinajstić information content (AvgIpc) is 2.36. The van der Waals surface area contributed by atoms with Gasteiger partial charge >= 0.3 is 5.97 Å². The van der Waals surface area contributed by atoms with Gasteiger partial charge in [0.25, 0.3) is 5.91 Å². The number of ether oxygens (including phenoxy) is 1. The fourth-order valence-electron chi connectivity index (χ4n) is 1.17. The lowest BCUT2D eigenvalue weighted by Crippen LogP contribution is -2.38. The Balaban J connectivity index is 2.42. The number of nitrogens with one attached hydrogen (secondary N) is 1. The van der Waals surface area contributed by atoms with Crippen LogP contribution in [0.5, 0.6) is 0 Å². The number of aryl methyl sites for hydroxylation is 1. The zero-order valence-corrected chi connectivity index (χ0v) is 11.6. The van der Waals surface area contributed by atoms with E-state index in [-0.39, 0.29) is 24.2 Å². The third-order valence-corrected chi connectivity index (χ3v) is 2.71. The lowest BCUT2D eigenvalue weighted by molar-refractivity contribution is -0.125. The second-order valence-electron chi connectivity index (χ2n) is 4.72. The molecule has 0 aliphatic carbocycles. The van der Waals surface area contributed by atoms with Gasteiger partial charge in [-0.25, -0.2) is 9.78 Å². The first-order valence-corrected chi connectivity index (χ1v) is 6.15. The minimum atomic E-state index is -0.653. The molecule has 1 aromatic heterocycles. The molecule has 1 aromatic rings. The van der Waals surface area contributed by atoms with E-state index in [2.05, 4.69) is 15.3 Å². The summed E-state index contributed by atoms with van der Waals surface area (Å²) < 4.78 is 4.86. The number of carbonyl (C=O) groups excluding carboxylic acids is 2. The molecule has 0 bridgehead atoms. The summed E-state index contributed by atoms with van der Waals surface area (Å²) in [4.78, 5) is 30.9. The number of hydrogen-bond donors (Lipinski definition) is 1. The van der Waals surface area contributed by atoms with Crippen LogP contribution in [0.25, 0.3) is 0 Å². The van der Waals surface area contributed by atoms with Crippen molar-refractivity contribution in [3.05, 3.63) is 23.8 Å². The van der Waals surface area contributed by atoms with Gasteiger partial charge in [-0.1, -0.05) is 13.8 Å². The summed E-state index contributed by atoms with van der Waals surface area (Å²) in [5.74, 6) is -0.655. The van der Waals surface area contributed by atoms with Gasteiger partial charge in [0.15, 0.2) is 12.3 Å². The highest BCUT2D eigenvalue weighted by molar-refractivity contribution is 5.89. The van der Waals surface area contributed by atoms with Gasteiger partial charge in [-0.05, 0) is 19.8 Å². The molecule has 0 aliphatic rings. The molecule has 0 spiro atoms. The van der Waals surface area contributed by atoms with Crippen molar-refractivity contribution in [1.29, 1.82) is 0 Å². The first kappa shape index (κ1) is 15.1. The zero-order valence-electron chi connectivity index (χ0n) is 11.6. The summed E-state index contributed by atoms with van der Waals surface area (Å²) in [6.45, 7) is 7.35. The quantitative estimate of drug-likeness (QED) is 0.806. The number of esters is 1. The van der Waals surface area contributed by atoms with E-state index in [1.54, 1.807) is 6.92 Å². The molecular formula is C13H19N3O3. The third kappa shape index (κ3) is 5.03. The van der Waals surface area contributed by atoms with E-state index in [0.29, 0.717) is 11.6 Å². The van der Waals surface area contributed by atoms with E-state index >= 15 is 0 Å². The van der Waals surface area contributed by atoms with Gasteiger partial charge in [0.05, 0.1) is 11.9 Å². The van der Waals surface area contributed by atoms with Crippen molar-refractivity contribution in [3.8, 4) is 0 Å². The van der Waals surface area contributed by atoms with E-state index < -0.39 is 5.97 Å². The lowest BCUT2D eigenvalue weighted by Gasteiger charge is -2.17. The van der Waals surface area contributed by atoms with Crippen LogP contribution >= 0.6 is 0 Å². The van der Waals surface area contributed by atoms with Gasteiger partial charge in [-0.2, -0.15) is 0 Å². The molecule has 1 rings (SSSR count). The van der Waals surface area contributed by atoms with Crippen LogP contribution in [0.3, 0.4) is 0 Å². The highest BCUT2D eigenvalue weighted by Gasteiger charge is 2.14. The lowest BCUT2D eigenvalue weighted by atomic mass is 10.1. The van der Waals surface area contributed by atoms with Crippen molar-refractivity contribution in [2.24, 2.45) is 5.92 Å². The van der Waals surface area contributed by atoms with Gasteiger partial charge in [0.1, 0.15) is 0 Å². The smallest absolute Gasteiger partial charge is 0.359 e. The summed E-state index contributed by atoms with van der Waals surface area (Å²) >= 11 is 0. The fourth-order valence-corrected chi connectivity index (χ4v) is 1.17. The summed E-state index contributed by atoms with van der Waals surface area (Å²) in [5, 5.41) is 2.74. The molecule has 6 nitrogen and oxygen atoms in total. The summed E-state index contributed by atoms with van der Waals surface area (Å²) in [6.07, 6.45) is 2.80. The highest BCUT2D eigenvalue weighted by atomic mass is 16.5. The van der Waals surface area contributed by atoms with Gasteiger partial charge in [-0.15, -0.1) is 0 Å². The van der Waals surface area contributed by atoms with Crippen LogP contribution in [-0.4, -0.2) is 34.5 Å². The van der Waals surface area contributed by atoms with E-state index in [9.17, 15) is 9.59 Å². The Morgan fingerprint density at radius 2 is 1.95 bits per heavy atom. The van der Waals surface area contributed by atoms with Crippen LogP contribution in [0, 0.1) is 12.8 Å². The minimum absolute atomic E-state index is 0.0327. The number of hydrogen-bond acceptors (Lipinski definition) is 5. The monoisotopic (exact) mass is 265 g/mol. The van der Waals surface area contributed by atoms with Crippen molar-refractivity contribution < 1.29 is 14.3 Å². The first-order chi connectivity index (χ1) is 8.90. The second-order valence-corrected chi connectivity index (χ2v) is 4.72. The standard InChI is InChI=1S/C13H19N3O3/c1-8(2)10(4)16-12(17)7-19-13(18)11-6-14-9(3)5-15-11/h5-6,8,10H,7H2,1-4H3,(H,16,17). The zero-order chi connectivity index (χ0) is 14.4. The maximum absolute atomic E-state index is 11.6. The van der Waals surface area contributed by atoms with Crippen LogP contribution in [0.4, 0.5) is 0 Å². The van der Waals surface area contributed by atoms with E-state index in [1.807, 2.05) is 20.8 Å². The molecule has 0 aliphatic heterocycles. The Morgan fingerprint density at radius 3 is 2.47 bits per heavy atom. The molecular weight excluding hydrogens is 246 g/mol. The first-order valence-electron chi connectivity index (χ1n) is 6.15. The van der Waals surface area contributed by atoms with Gasteiger partial charge in [0, 0.05) is 12.2 Å². The van der Waals surface area contributed by atoms with Crippen molar-refractivity contribution in [3.63, 3.8) is 0 Å². The van der Waals surface area contributed by atoms with E-state index in [1.165, 1.54) is 12.4 Å². The topological polar surface area (TPSA) is 81.2 Å². The molecule has 0 radical (unpaired) electrons. The summed E-state index contributed by atoms with van der Waals surface area (Å²) in [5.41, 5.74) is 0.801. The number of carbonyl (C=O) groups is 2.